The summed E-state index contributed by atoms with van der Waals surface area (Å²) in [4.78, 5) is 21.9. The highest BCUT2D eigenvalue weighted by molar-refractivity contribution is 7.87. The highest BCUT2D eigenvalue weighted by atomic mass is 32.2. The highest BCUT2D eigenvalue weighted by Gasteiger charge is 2.15. The van der Waals surface area contributed by atoms with Crippen LogP contribution in [0.1, 0.15) is 12.8 Å². The summed E-state index contributed by atoms with van der Waals surface area (Å²) < 4.78 is 29.8. The van der Waals surface area contributed by atoms with Crippen LogP contribution >= 0.6 is 0 Å². The molecule has 0 saturated heterocycles. The normalized spacial score (nSPS) is 11.5. The van der Waals surface area contributed by atoms with E-state index in [0.29, 0.717) is 0 Å². The van der Waals surface area contributed by atoms with E-state index >= 15 is 0 Å². The van der Waals surface area contributed by atoms with Crippen LogP contribution in [0.15, 0.2) is 0 Å². The largest absolute Gasteiger partial charge is 0.469 e. The van der Waals surface area contributed by atoms with Crippen LogP contribution < -0.4 is 4.72 Å². The average Bonchev–Trinajstić information content (AvgIpc) is 2.22. The number of rotatable bonds is 7. The standard InChI is InChI=1S/C8H16N2O5S/c1-10(2)16(13,14)9-6-7(11)4-5-8(12)15-3/h9H,4-6H2,1-3H3. The lowest BCUT2D eigenvalue weighted by atomic mass is 10.2. The van der Waals surface area contributed by atoms with E-state index in [4.69, 9.17) is 0 Å². The van der Waals surface area contributed by atoms with Gasteiger partial charge in [0.2, 0.25) is 0 Å². The number of esters is 1. The van der Waals surface area contributed by atoms with Gasteiger partial charge in [-0.1, -0.05) is 0 Å². The van der Waals surface area contributed by atoms with Crippen LogP contribution in [0.25, 0.3) is 0 Å². The summed E-state index contributed by atoms with van der Waals surface area (Å²) in [6.07, 6.45) is -0.0817. The second kappa shape index (κ2) is 6.56. The minimum atomic E-state index is -3.59. The Hall–Kier alpha value is -0.990. The molecule has 0 aliphatic heterocycles. The first kappa shape index (κ1) is 15.0. The van der Waals surface area contributed by atoms with Gasteiger partial charge in [-0.2, -0.15) is 17.4 Å². The van der Waals surface area contributed by atoms with Gasteiger partial charge in [-0.25, -0.2) is 0 Å². The highest BCUT2D eigenvalue weighted by Crippen LogP contribution is 1.94. The second-order valence-corrected chi connectivity index (χ2v) is 5.19. The molecule has 0 atom stereocenters. The maximum Gasteiger partial charge on any atom is 0.305 e. The van der Waals surface area contributed by atoms with Crippen LogP contribution in [0.4, 0.5) is 0 Å². The molecule has 8 heteroatoms. The molecular formula is C8H16N2O5S. The molecule has 0 aromatic rings. The molecule has 0 saturated carbocycles. The van der Waals surface area contributed by atoms with Crippen LogP contribution in [0.5, 0.6) is 0 Å². The van der Waals surface area contributed by atoms with E-state index in [2.05, 4.69) is 9.46 Å². The van der Waals surface area contributed by atoms with Crippen LogP contribution in [0.3, 0.4) is 0 Å². The van der Waals surface area contributed by atoms with E-state index in [9.17, 15) is 18.0 Å². The molecule has 0 rings (SSSR count). The van der Waals surface area contributed by atoms with Crippen molar-refractivity contribution in [3.8, 4) is 0 Å². The van der Waals surface area contributed by atoms with Crippen LogP contribution in [-0.4, -0.2) is 52.2 Å². The first-order chi connectivity index (χ1) is 7.29. The number of hydrogen-bond donors (Lipinski definition) is 1. The van der Waals surface area contributed by atoms with Crippen LogP contribution in [0, 0.1) is 0 Å². The molecule has 7 nitrogen and oxygen atoms in total. The van der Waals surface area contributed by atoms with Crippen molar-refractivity contribution in [3.05, 3.63) is 0 Å². The lowest BCUT2D eigenvalue weighted by Gasteiger charge is -2.11. The Kier molecular flexibility index (Phi) is 6.16. The van der Waals surface area contributed by atoms with E-state index < -0.39 is 16.2 Å². The van der Waals surface area contributed by atoms with E-state index in [1.807, 2.05) is 0 Å². The van der Waals surface area contributed by atoms with Crippen molar-refractivity contribution >= 4 is 22.0 Å². The molecule has 0 bridgehead atoms. The zero-order valence-electron chi connectivity index (χ0n) is 9.52. The molecule has 0 aromatic heterocycles. The van der Waals surface area contributed by atoms with Gasteiger partial charge in [0.1, 0.15) is 5.78 Å². The van der Waals surface area contributed by atoms with Gasteiger partial charge in [-0.05, 0) is 0 Å². The molecule has 0 radical (unpaired) electrons. The number of Topliss-reactive ketones (excluding diaryl/α,β-unsaturated/α-hetero) is 1. The Labute approximate surface area is 94.9 Å². The number of methoxy groups -OCH3 is 1. The molecule has 94 valence electrons. The molecule has 0 aromatic carbocycles. The van der Waals surface area contributed by atoms with Gasteiger partial charge >= 0.3 is 5.97 Å². The average molecular weight is 252 g/mol. The summed E-state index contributed by atoms with van der Waals surface area (Å²) in [6, 6.07) is 0. The van der Waals surface area contributed by atoms with Gasteiger partial charge in [0.15, 0.2) is 0 Å². The summed E-state index contributed by atoms with van der Waals surface area (Å²) >= 11 is 0. The fraction of sp³-hybridized carbons (Fsp3) is 0.750. The summed E-state index contributed by atoms with van der Waals surface area (Å²) in [5.41, 5.74) is 0. The van der Waals surface area contributed by atoms with Gasteiger partial charge in [-0.3, -0.25) is 9.59 Å². The zero-order chi connectivity index (χ0) is 12.8. The fourth-order valence-electron chi connectivity index (χ4n) is 0.733. The summed E-state index contributed by atoms with van der Waals surface area (Å²) in [6.45, 7) is -0.322. The topological polar surface area (TPSA) is 92.8 Å². The zero-order valence-corrected chi connectivity index (χ0v) is 10.3. The number of nitrogens with one attached hydrogen (secondary N) is 1. The Morgan fingerprint density at radius 1 is 1.25 bits per heavy atom. The minimum absolute atomic E-state index is 0.0391. The molecule has 0 unspecified atom stereocenters. The molecule has 0 heterocycles. The Balaban J connectivity index is 3.96. The maximum absolute atomic E-state index is 11.2. The molecule has 0 fully saturated rings. The van der Waals surface area contributed by atoms with Crippen molar-refractivity contribution in [1.82, 2.24) is 9.03 Å². The lowest BCUT2D eigenvalue weighted by Crippen LogP contribution is -2.38. The van der Waals surface area contributed by atoms with E-state index in [1.165, 1.54) is 21.2 Å². The monoisotopic (exact) mass is 252 g/mol. The van der Waals surface area contributed by atoms with Crippen molar-refractivity contribution in [3.63, 3.8) is 0 Å². The third-order valence-corrected chi connectivity index (χ3v) is 3.24. The second-order valence-electron chi connectivity index (χ2n) is 3.22. The molecule has 0 spiro atoms. The van der Waals surface area contributed by atoms with E-state index in [-0.39, 0.29) is 25.2 Å². The lowest BCUT2D eigenvalue weighted by molar-refractivity contribution is -0.141. The molecule has 0 aliphatic rings. The SMILES string of the molecule is COC(=O)CCC(=O)CNS(=O)(=O)N(C)C. The number of ether oxygens (including phenoxy) is 1. The van der Waals surface area contributed by atoms with Crippen LogP contribution in [-0.2, 0) is 24.5 Å². The van der Waals surface area contributed by atoms with Gasteiger partial charge in [0.05, 0.1) is 20.1 Å². The van der Waals surface area contributed by atoms with E-state index in [1.54, 1.807) is 0 Å². The number of carbonyl (C=O) groups is 2. The Bertz CT molecular complexity index is 349. The summed E-state index contributed by atoms with van der Waals surface area (Å²) in [5.74, 6) is -0.861. The summed E-state index contributed by atoms with van der Waals surface area (Å²) in [5, 5.41) is 0. The molecule has 0 aliphatic carbocycles. The first-order valence-electron chi connectivity index (χ1n) is 4.55. The number of nitrogens with zero attached hydrogens (tertiary/aromatic N) is 1. The Morgan fingerprint density at radius 2 is 1.81 bits per heavy atom. The number of hydrogen-bond acceptors (Lipinski definition) is 5. The van der Waals surface area contributed by atoms with Crippen molar-refractivity contribution < 1.29 is 22.7 Å². The minimum Gasteiger partial charge on any atom is -0.469 e. The van der Waals surface area contributed by atoms with Gasteiger partial charge in [0, 0.05) is 20.5 Å². The Morgan fingerprint density at radius 3 is 2.25 bits per heavy atom. The van der Waals surface area contributed by atoms with Gasteiger partial charge in [-0.15, -0.1) is 0 Å². The van der Waals surface area contributed by atoms with Gasteiger partial charge in [0.25, 0.3) is 10.2 Å². The molecule has 16 heavy (non-hydrogen) atoms. The van der Waals surface area contributed by atoms with Crippen molar-refractivity contribution in [2.45, 2.75) is 12.8 Å². The maximum atomic E-state index is 11.2. The molecular weight excluding hydrogens is 236 g/mol. The van der Waals surface area contributed by atoms with Crippen LogP contribution in [0.2, 0.25) is 0 Å². The van der Waals surface area contributed by atoms with E-state index in [0.717, 1.165) is 4.31 Å². The third kappa shape index (κ3) is 5.79. The first-order valence-corrected chi connectivity index (χ1v) is 5.99. The molecule has 1 N–H and O–H groups in total. The quantitative estimate of drug-likeness (QED) is 0.581. The van der Waals surface area contributed by atoms with Crippen molar-refractivity contribution in [2.24, 2.45) is 0 Å². The van der Waals surface area contributed by atoms with Crippen molar-refractivity contribution in [2.75, 3.05) is 27.7 Å². The fourth-order valence-corrected chi connectivity index (χ4v) is 1.33. The van der Waals surface area contributed by atoms with Gasteiger partial charge < -0.3 is 4.74 Å². The molecule has 0 amide bonds. The number of carbonyl (C=O) groups excluding carboxylic acids is 2. The number of ketones is 1. The predicted molar refractivity (Wildman–Crippen MR) is 56.9 cm³/mol. The van der Waals surface area contributed by atoms with Crippen molar-refractivity contribution in [1.29, 1.82) is 0 Å². The third-order valence-electron chi connectivity index (χ3n) is 1.77. The smallest absolute Gasteiger partial charge is 0.305 e. The predicted octanol–water partition coefficient (Wildman–Crippen LogP) is -1.10. The summed E-state index contributed by atoms with van der Waals surface area (Å²) in [7, 11) is 0.330.